The van der Waals surface area contributed by atoms with Crippen molar-refractivity contribution in [3.63, 3.8) is 0 Å². The van der Waals surface area contributed by atoms with Crippen LogP contribution in [0.5, 0.6) is 11.5 Å². The molecule has 2 amide bonds. The highest BCUT2D eigenvalue weighted by atomic mass is 16.5. The molecule has 0 atom stereocenters. The quantitative estimate of drug-likeness (QED) is 0.855. The zero-order chi connectivity index (χ0) is 17.6. The smallest absolute Gasteiger partial charge is 0.315 e. The van der Waals surface area contributed by atoms with E-state index in [9.17, 15) is 4.79 Å². The number of rotatable bonds is 6. The van der Waals surface area contributed by atoms with Crippen LogP contribution < -0.4 is 20.1 Å². The molecule has 0 fully saturated rings. The van der Waals surface area contributed by atoms with Gasteiger partial charge in [-0.25, -0.2) is 4.79 Å². The monoisotopic (exact) mass is 329 g/mol. The first-order chi connectivity index (χ1) is 11.5. The van der Waals surface area contributed by atoms with Crippen LogP contribution in [-0.2, 0) is 12.1 Å². The summed E-state index contributed by atoms with van der Waals surface area (Å²) in [5.74, 6) is 1.28. The third-order valence-corrected chi connectivity index (χ3v) is 3.73. The minimum atomic E-state index is -0.568. The zero-order valence-corrected chi connectivity index (χ0v) is 14.4. The van der Waals surface area contributed by atoms with Crippen LogP contribution in [0.15, 0.2) is 42.7 Å². The van der Waals surface area contributed by atoms with Gasteiger partial charge in [-0.2, -0.15) is 0 Å². The molecule has 0 aliphatic heterocycles. The van der Waals surface area contributed by atoms with Crippen LogP contribution in [0.25, 0.3) is 0 Å². The number of carbonyl (C=O) groups is 1. The van der Waals surface area contributed by atoms with Crippen LogP contribution in [0.2, 0.25) is 0 Å². The molecule has 6 heteroatoms. The van der Waals surface area contributed by atoms with Gasteiger partial charge >= 0.3 is 6.03 Å². The highest BCUT2D eigenvalue weighted by Gasteiger charge is 2.24. The topological polar surface area (TPSA) is 72.5 Å². The van der Waals surface area contributed by atoms with Gasteiger partial charge < -0.3 is 20.1 Å². The summed E-state index contributed by atoms with van der Waals surface area (Å²) in [6.07, 6.45) is 3.39. The number of aromatic nitrogens is 1. The molecule has 1 heterocycles. The highest BCUT2D eigenvalue weighted by Crippen LogP contribution is 2.31. The number of ether oxygens (including phenoxy) is 2. The van der Waals surface area contributed by atoms with Crippen LogP contribution in [0, 0.1) is 0 Å². The number of hydrogen-bond donors (Lipinski definition) is 2. The summed E-state index contributed by atoms with van der Waals surface area (Å²) in [6.45, 7) is 4.30. The minimum absolute atomic E-state index is 0.244. The van der Waals surface area contributed by atoms with E-state index in [2.05, 4.69) is 15.6 Å². The van der Waals surface area contributed by atoms with Gasteiger partial charge in [-0.3, -0.25) is 4.98 Å². The van der Waals surface area contributed by atoms with E-state index in [0.717, 1.165) is 11.1 Å². The fourth-order valence-corrected chi connectivity index (χ4v) is 2.31. The predicted octanol–water partition coefficient (Wildman–Crippen LogP) is 2.83. The number of urea groups is 1. The maximum Gasteiger partial charge on any atom is 0.315 e. The predicted molar refractivity (Wildman–Crippen MR) is 92.2 cm³/mol. The zero-order valence-electron chi connectivity index (χ0n) is 14.4. The Morgan fingerprint density at radius 1 is 1.08 bits per heavy atom. The molecule has 0 saturated carbocycles. The second kappa shape index (κ2) is 7.68. The molecule has 0 aliphatic carbocycles. The molecule has 24 heavy (non-hydrogen) atoms. The van der Waals surface area contributed by atoms with Crippen molar-refractivity contribution in [1.29, 1.82) is 0 Å². The molecule has 2 N–H and O–H groups in total. The summed E-state index contributed by atoms with van der Waals surface area (Å²) in [6, 6.07) is 9.07. The largest absolute Gasteiger partial charge is 0.493 e. The normalized spacial score (nSPS) is 10.8. The molecular formula is C18H23N3O3. The van der Waals surface area contributed by atoms with Gasteiger partial charge in [0, 0.05) is 18.9 Å². The average Bonchev–Trinajstić information content (AvgIpc) is 2.59. The summed E-state index contributed by atoms with van der Waals surface area (Å²) in [7, 11) is 3.18. The number of nitrogens with zero attached hydrogens (tertiary/aromatic N) is 1. The summed E-state index contributed by atoms with van der Waals surface area (Å²) in [5.41, 5.74) is 1.34. The molecule has 2 aromatic rings. The number of nitrogens with one attached hydrogen (secondary N) is 2. The Kier molecular flexibility index (Phi) is 5.63. The van der Waals surface area contributed by atoms with Crippen molar-refractivity contribution in [1.82, 2.24) is 15.6 Å². The number of carbonyl (C=O) groups excluding carboxylic acids is 1. The molecule has 6 nitrogen and oxygen atoms in total. The van der Waals surface area contributed by atoms with Crippen LogP contribution in [-0.4, -0.2) is 25.2 Å². The molecule has 0 bridgehead atoms. The van der Waals surface area contributed by atoms with E-state index in [4.69, 9.17) is 9.47 Å². The van der Waals surface area contributed by atoms with Crippen molar-refractivity contribution < 1.29 is 14.3 Å². The summed E-state index contributed by atoms with van der Waals surface area (Å²) in [5, 5.41) is 5.81. The lowest BCUT2D eigenvalue weighted by Crippen LogP contribution is -2.46. The van der Waals surface area contributed by atoms with Crippen LogP contribution >= 0.6 is 0 Å². The van der Waals surface area contributed by atoms with Crippen molar-refractivity contribution in [2.24, 2.45) is 0 Å². The Morgan fingerprint density at radius 3 is 2.38 bits per heavy atom. The third kappa shape index (κ3) is 4.38. The molecule has 1 aromatic heterocycles. The van der Waals surface area contributed by atoms with Gasteiger partial charge in [0.15, 0.2) is 11.5 Å². The number of benzene rings is 1. The minimum Gasteiger partial charge on any atom is -0.493 e. The molecule has 0 spiro atoms. The standard InChI is InChI=1S/C18H23N3O3/c1-18(2,14-5-6-15(23-3)16(11-14)24-4)21-17(22)20-12-13-7-9-19-10-8-13/h5-11H,12H2,1-4H3,(H2,20,21,22). The Morgan fingerprint density at radius 2 is 1.75 bits per heavy atom. The average molecular weight is 329 g/mol. The second-order valence-electron chi connectivity index (χ2n) is 5.86. The molecule has 128 valence electrons. The number of hydrogen-bond acceptors (Lipinski definition) is 4. The Balaban J connectivity index is 2.03. The fraction of sp³-hybridized carbons (Fsp3) is 0.333. The SMILES string of the molecule is COc1ccc(C(C)(C)NC(=O)NCc2ccncc2)cc1OC. The summed E-state index contributed by atoms with van der Waals surface area (Å²) < 4.78 is 10.6. The molecular weight excluding hydrogens is 306 g/mol. The van der Waals surface area contributed by atoms with Crippen molar-refractivity contribution in [3.05, 3.63) is 53.9 Å². The Bertz CT molecular complexity index is 687. The van der Waals surface area contributed by atoms with Gasteiger partial charge in [0.05, 0.1) is 19.8 Å². The Hall–Kier alpha value is -2.76. The second-order valence-corrected chi connectivity index (χ2v) is 5.86. The summed E-state index contributed by atoms with van der Waals surface area (Å²) in [4.78, 5) is 16.1. The molecule has 0 unspecified atom stereocenters. The van der Waals surface area contributed by atoms with E-state index in [1.54, 1.807) is 26.6 Å². The first kappa shape index (κ1) is 17.6. The number of methoxy groups -OCH3 is 2. The lowest BCUT2D eigenvalue weighted by Gasteiger charge is -2.27. The molecule has 0 saturated heterocycles. The molecule has 0 aliphatic rings. The van der Waals surface area contributed by atoms with E-state index < -0.39 is 5.54 Å². The van der Waals surface area contributed by atoms with Crippen molar-refractivity contribution >= 4 is 6.03 Å². The molecule has 0 radical (unpaired) electrons. The number of amides is 2. The highest BCUT2D eigenvalue weighted by molar-refractivity contribution is 5.75. The van der Waals surface area contributed by atoms with Gasteiger partial charge in [-0.1, -0.05) is 6.07 Å². The maximum atomic E-state index is 12.2. The van der Waals surface area contributed by atoms with E-state index in [1.807, 2.05) is 44.2 Å². The van der Waals surface area contributed by atoms with Gasteiger partial charge in [0.1, 0.15) is 0 Å². The van der Waals surface area contributed by atoms with Crippen molar-refractivity contribution in [3.8, 4) is 11.5 Å². The van der Waals surface area contributed by atoms with Crippen molar-refractivity contribution in [2.45, 2.75) is 25.9 Å². The van der Waals surface area contributed by atoms with Gasteiger partial charge in [-0.15, -0.1) is 0 Å². The lowest BCUT2D eigenvalue weighted by atomic mass is 9.94. The first-order valence-electron chi connectivity index (χ1n) is 7.63. The lowest BCUT2D eigenvalue weighted by molar-refractivity contribution is 0.229. The van der Waals surface area contributed by atoms with Crippen LogP contribution in [0.1, 0.15) is 25.0 Å². The number of pyridine rings is 1. The van der Waals surface area contributed by atoms with Crippen LogP contribution in [0.4, 0.5) is 4.79 Å². The van der Waals surface area contributed by atoms with E-state index in [-0.39, 0.29) is 6.03 Å². The Labute approximate surface area is 142 Å². The van der Waals surface area contributed by atoms with E-state index in [0.29, 0.717) is 18.0 Å². The van der Waals surface area contributed by atoms with E-state index in [1.165, 1.54) is 0 Å². The third-order valence-electron chi connectivity index (χ3n) is 3.73. The van der Waals surface area contributed by atoms with Gasteiger partial charge in [-0.05, 0) is 49.2 Å². The maximum absolute atomic E-state index is 12.2. The molecule has 1 aromatic carbocycles. The first-order valence-corrected chi connectivity index (χ1v) is 7.63. The molecule has 2 rings (SSSR count). The van der Waals surface area contributed by atoms with Crippen molar-refractivity contribution in [2.75, 3.05) is 14.2 Å². The van der Waals surface area contributed by atoms with E-state index >= 15 is 0 Å². The van der Waals surface area contributed by atoms with Gasteiger partial charge in [0.25, 0.3) is 0 Å². The van der Waals surface area contributed by atoms with Gasteiger partial charge in [0.2, 0.25) is 0 Å². The van der Waals surface area contributed by atoms with Crippen LogP contribution in [0.3, 0.4) is 0 Å². The summed E-state index contributed by atoms with van der Waals surface area (Å²) >= 11 is 0. The fourth-order valence-electron chi connectivity index (χ4n) is 2.31.